The van der Waals surface area contributed by atoms with Gasteiger partial charge in [-0.25, -0.2) is 4.68 Å². The average molecular weight is 304 g/mol. The molecule has 1 aliphatic rings. The fraction of sp³-hybridized carbons (Fsp3) is 0.467. The van der Waals surface area contributed by atoms with Gasteiger partial charge in [-0.2, -0.15) is 5.10 Å². The molecule has 2 aromatic rings. The number of nitrogens with zero attached hydrogens (tertiary/aromatic N) is 3. The number of hydrogen-bond acceptors (Lipinski definition) is 4. The summed E-state index contributed by atoms with van der Waals surface area (Å²) in [6, 6.07) is 10.5. The maximum Gasteiger partial charge on any atom is 0.198 e. The zero-order chi connectivity index (χ0) is 14.9. The van der Waals surface area contributed by atoms with E-state index >= 15 is 0 Å². The topological polar surface area (TPSA) is 55.0 Å². The van der Waals surface area contributed by atoms with Crippen LogP contribution in [-0.2, 0) is 25.9 Å². The van der Waals surface area contributed by atoms with Gasteiger partial charge in [-0.3, -0.25) is 5.32 Å². The van der Waals surface area contributed by atoms with Crippen molar-refractivity contribution >= 4 is 12.2 Å². The Hall–Kier alpha value is -1.50. The van der Waals surface area contributed by atoms with Gasteiger partial charge in [-0.05, 0) is 37.0 Å². The Morgan fingerprint density at radius 2 is 2.05 bits per heavy atom. The van der Waals surface area contributed by atoms with Crippen LogP contribution in [0.25, 0.3) is 0 Å². The van der Waals surface area contributed by atoms with E-state index in [-0.39, 0.29) is 12.1 Å². The first-order chi connectivity index (χ1) is 10.2. The van der Waals surface area contributed by atoms with E-state index in [0.29, 0.717) is 17.3 Å². The predicted octanol–water partition coefficient (Wildman–Crippen LogP) is 2.07. The van der Waals surface area contributed by atoms with Crippen molar-refractivity contribution in [2.75, 3.05) is 0 Å². The lowest BCUT2D eigenvalue weighted by atomic mass is 9.72. The quantitative estimate of drug-likeness (QED) is 0.830. The molecule has 21 heavy (non-hydrogen) atoms. The van der Waals surface area contributed by atoms with Gasteiger partial charge < -0.3 is 9.67 Å². The predicted molar refractivity (Wildman–Crippen MR) is 83.1 cm³/mol. The minimum Gasteiger partial charge on any atom is -0.388 e. The van der Waals surface area contributed by atoms with Gasteiger partial charge in [-0.1, -0.05) is 30.3 Å². The van der Waals surface area contributed by atoms with Crippen LogP contribution in [-0.4, -0.2) is 19.5 Å². The van der Waals surface area contributed by atoms with Crippen LogP contribution in [0.15, 0.2) is 30.3 Å². The lowest BCUT2D eigenvalue weighted by molar-refractivity contribution is 0.166. The van der Waals surface area contributed by atoms with Gasteiger partial charge in [0.1, 0.15) is 6.61 Å². The highest BCUT2D eigenvalue weighted by molar-refractivity contribution is 7.71. The molecule has 0 spiro atoms. The first-order valence-corrected chi connectivity index (χ1v) is 7.61. The molecule has 0 unspecified atom stereocenters. The van der Waals surface area contributed by atoms with Crippen molar-refractivity contribution in [3.63, 3.8) is 0 Å². The van der Waals surface area contributed by atoms with Crippen LogP contribution in [0.5, 0.6) is 0 Å². The van der Waals surface area contributed by atoms with Crippen LogP contribution in [0, 0.1) is 4.77 Å². The molecular weight excluding hydrogens is 284 g/mol. The maximum absolute atomic E-state index is 9.26. The minimum absolute atomic E-state index is 0.0347. The monoisotopic (exact) mass is 304 g/mol. The second kappa shape index (κ2) is 5.71. The van der Waals surface area contributed by atoms with Crippen molar-refractivity contribution < 1.29 is 5.11 Å². The Morgan fingerprint density at radius 1 is 1.33 bits per heavy atom. The summed E-state index contributed by atoms with van der Waals surface area (Å²) in [6.45, 7) is 0.457. The third-order valence-corrected chi connectivity index (χ3v) is 4.86. The lowest BCUT2D eigenvalue weighted by Crippen LogP contribution is -2.48. The molecule has 1 aromatic carbocycles. The van der Waals surface area contributed by atoms with Crippen molar-refractivity contribution in [2.45, 2.75) is 38.1 Å². The summed E-state index contributed by atoms with van der Waals surface area (Å²) in [5, 5.41) is 17.2. The third kappa shape index (κ3) is 2.54. The molecule has 0 amide bonds. The molecule has 112 valence electrons. The molecule has 1 saturated carbocycles. The van der Waals surface area contributed by atoms with Gasteiger partial charge in [-0.15, -0.1) is 0 Å². The van der Waals surface area contributed by atoms with Crippen molar-refractivity contribution in [1.29, 1.82) is 0 Å². The standard InChI is InChI=1S/C15H20N4OS/c1-18-13(10-20)17-19(14(18)21)11-16-15(8-5-9-15)12-6-3-2-4-7-12/h2-4,6-7,16,20H,5,8-11H2,1H3. The smallest absolute Gasteiger partial charge is 0.198 e. The van der Waals surface area contributed by atoms with Gasteiger partial charge in [0.05, 0.1) is 6.67 Å². The van der Waals surface area contributed by atoms with Gasteiger partial charge in [0.15, 0.2) is 10.6 Å². The highest BCUT2D eigenvalue weighted by atomic mass is 32.1. The van der Waals surface area contributed by atoms with Gasteiger partial charge >= 0.3 is 0 Å². The van der Waals surface area contributed by atoms with E-state index in [4.69, 9.17) is 12.2 Å². The molecule has 6 heteroatoms. The van der Waals surface area contributed by atoms with Crippen LogP contribution in [0.4, 0.5) is 0 Å². The Labute approximate surface area is 129 Å². The second-order valence-electron chi connectivity index (χ2n) is 5.55. The molecule has 0 radical (unpaired) electrons. The fourth-order valence-electron chi connectivity index (χ4n) is 2.85. The molecule has 0 bridgehead atoms. The highest BCUT2D eigenvalue weighted by Crippen LogP contribution is 2.41. The van der Waals surface area contributed by atoms with E-state index in [2.05, 4.69) is 34.7 Å². The van der Waals surface area contributed by atoms with Crippen molar-refractivity contribution in [1.82, 2.24) is 19.7 Å². The van der Waals surface area contributed by atoms with Crippen LogP contribution in [0.2, 0.25) is 0 Å². The molecule has 0 saturated heterocycles. The van der Waals surface area contributed by atoms with Crippen molar-refractivity contribution in [2.24, 2.45) is 7.05 Å². The van der Waals surface area contributed by atoms with E-state index in [1.54, 1.807) is 9.25 Å². The molecular formula is C15H20N4OS. The summed E-state index contributed by atoms with van der Waals surface area (Å²) in [5.74, 6) is 0.587. The molecule has 0 atom stereocenters. The zero-order valence-corrected chi connectivity index (χ0v) is 12.9. The molecule has 1 heterocycles. The molecule has 3 rings (SSSR count). The first-order valence-electron chi connectivity index (χ1n) is 7.20. The van der Waals surface area contributed by atoms with Crippen LogP contribution < -0.4 is 5.32 Å². The summed E-state index contributed by atoms with van der Waals surface area (Å²) < 4.78 is 4.10. The average Bonchev–Trinajstić information content (AvgIpc) is 2.75. The Morgan fingerprint density at radius 3 is 2.57 bits per heavy atom. The number of hydrogen-bond donors (Lipinski definition) is 2. The number of nitrogens with one attached hydrogen (secondary N) is 1. The van der Waals surface area contributed by atoms with E-state index in [1.807, 2.05) is 13.1 Å². The van der Waals surface area contributed by atoms with Crippen molar-refractivity contribution in [3.05, 3.63) is 46.5 Å². The zero-order valence-electron chi connectivity index (χ0n) is 12.1. The Kier molecular flexibility index (Phi) is 3.93. The summed E-state index contributed by atoms with van der Waals surface area (Å²) in [7, 11) is 1.83. The molecule has 2 N–H and O–H groups in total. The van der Waals surface area contributed by atoms with Gasteiger partial charge in [0.25, 0.3) is 0 Å². The van der Waals surface area contributed by atoms with Crippen LogP contribution in [0.3, 0.4) is 0 Å². The van der Waals surface area contributed by atoms with Gasteiger partial charge in [0, 0.05) is 12.6 Å². The Bertz CT molecular complexity index is 673. The summed E-state index contributed by atoms with van der Waals surface area (Å²) in [4.78, 5) is 0. The number of aromatic nitrogens is 3. The van der Waals surface area contributed by atoms with Crippen molar-refractivity contribution in [3.8, 4) is 0 Å². The summed E-state index contributed by atoms with van der Waals surface area (Å²) in [6.07, 6.45) is 3.49. The molecule has 1 aromatic heterocycles. The SMILES string of the molecule is Cn1c(CO)nn(CNC2(c3ccccc3)CCC2)c1=S. The molecule has 0 aliphatic heterocycles. The van der Waals surface area contributed by atoms with Crippen LogP contribution in [0.1, 0.15) is 30.7 Å². The minimum atomic E-state index is -0.100. The number of aliphatic hydroxyl groups excluding tert-OH is 1. The Balaban J connectivity index is 1.79. The molecule has 1 aliphatic carbocycles. The van der Waals surface area contributed by atoms with E-state index < -0.39 is 0 Å². The highest BCUT2D eigenvalue weighted by Gasteiger charge is 2.38. The number of rotatable bonds is 5. The largest absolute Gasteiger partial charge is 0.388 e. The normalized spacial score (nSPS) is 16.7. The maximum atomic E-state index is 9.26. The summed E-state index contributed by atoms with van der Waals surface area (Å²) in [5.41, 5.74) is 1.36. The van der Waals surface area contributed by atoms with E-state index in [1.165, 1.54) is 12.0 Å². The number of aliphatic hydroxyl groups is 1. The number of benzene rings is 1. The summed E-state index contributed by atoms with van der Waals surface area (Å²) >= 11 is 5.35. The first kappa shape index (κ1) is 14.4. The molecule has 1 fully saturated rings. The fourth-order valence-corrected chi connectivity index (χ4v) is 3.07. The molecule has 5 nitrogen and oxygen atoms in total. The lowest BCUT2D eigenvalue weighted by Gasteiger charge is -2.43. The third-order valence-electron chi connectivity index (χ3n) is 4.37. The van der Waals surface area contributed by atoms with Gasteiger partial charge in [0.2, 0.25) is 0 Å². The van der Waals surface area contributed by atoms with Crippen LogP contribution >= 0.6 is 12.2 Å². The van der Waals surface area contributed by atoms with E-state index in [9.17, 15) is 5.11 Å². The van der Waals surface area contributed by atoms with E-state index in [0.717, 1.165) is 12.8 Å². The second-order valence-corrected chi connectivity index (χ2v) is 5.92.